The summed E-state index contributed by atoms with van der Waals surface area (Å²) < 4.78 is 6.54. The molecule has 1 atom stereocenters. The van der Waals surface area contributed by atoms with Gasteiger partial charge in [-0.3, -0.25) is 10.1 Å². The fourth-order valence-corrected chi connectivity index (χ4v) is 1.73. The van der Waals surface area contributed by atoms with Gasteiger partial charge in [-0.25, -0.2) is 4.68 Å². The van der Waals surface area contributed by atoms with Gasteiger partial charge in [0.15, 0.2) is 5.75 Å². The van der Waals surface area contributed by atoms with Crippen LogP contribution < -0.4 is 4.74 Å². The number of nitrogens with zero attached hydrogens (tertiary/aromatic N) is 4. The lowest BCUT2D eigenvalue weighted by Crippen LogP contribution is -2.00. The van der Waals surface area contributed by atoms with Crippen molar-refractivity contribution >= 4 is 5.69 Å². The van der Waals surface area contributed by atoms with Gasteiger partial charge in [0.1, 0.15) is 11.4 Å². The molecule has 0 amide bonds. The Hall–Kier alpha value is -2.48. The minimum absolute atomic E-state index is 0.0699. The zero-order chi connectivity index (χ0) is 14.7. The summed E-state index contributed by atoms with van der Waals surface area (Å²) in [4.78, 5) is 10.2. The minimum Gasteiger partial charge on any atom is -0.494 e. The fraction of sp³-hybridized carbons (Fsp3) is 0.333. The van der Waals surface area contributed by atoms with Crippen LogP contribution in [0.3, 0.4) is 0 Å². The van der Waals surface area contributed by atoms with E-state index in [1.807, 2.05) is 6.92 Å². The lowest BCUT2D eigenvalue weighted by atomic mass is 10.2. The second-order valence-electron chi connectivity index (χ2n) is 4.13. The molecule has 20 heavy (non-hydrogen) atoms. The van der Waals surface area contributed by atoms with Crippen molar-refractivity contribution in [2.75, 3.05) is 7.11 Å². The number of aliphatic hydroxyl groups is 1. The maximum Gasteiger partial charge on any atom is 0.273 e. The van der Waals surface area contributed by atoms with E-state index in [2.05, 4.69) is 10.3 Å². The zero-order valence-corrected chi connectivity index (χ0v) is 11.1. The normalized spacial score (nSPS) is 12.2. The lowest BCUT2D eigenvalue weighted by molar-refractivity contribution is -0.384. The topological polar surface area (TPSA) is 103 Å². The van der Waals surface area contributed by atoms with Crippen LogP contribution >= 0.6 is 0 Å². The number of methoxy groups -OCH3 is 1. The number of benzene rings is 1. The second-order valence-corrected chi connectivity index (χ2v) is 4.13. The van der Waals surface area contributed by atoms with Crippen LogP contribution in [0.4, 0.5) is 5.69 Å². The van der Waals surface area contributed by atoms with Crippen LogP contribution in [0.1, 0.15) is 25.1 Å². The molecule has 1 aromatic carbocycles. The van der Waals surface area contributed by atoms with Crippen LogP contribution in [0.2, 0.25) is 0 Å². The van der Waals surface area contributed by atoms with E-state index in [0.29, 0.717) is 23.6 Å². The Balaban J connectivity index is 2.41. The van der Waals surface area contributed by atoms with Gasteiger partial charge in [0.25, 0.3) is 5.69 Å². The number of hydrogen-bond acceptors (Lipinski definition) is 6. The van der Waals surface area contributed by atoms with Crippen molar-refractivity contribution in [2.24, 2.45) is 0 Å². The SMILES string of the molecule is CCC(O)c1cn(-c2ccc([N+](=O)[O-])cc2OC)nn1. The van der Waals surface area contributed by atoms with Crippen LogP contribution in [-0.4, -0.2) is 32.1 Å². The van der Waals surface area contributed by atoms with E-state index in [1.165, 1.54) is 30.0 Å². The summed E-state index contributed by atoms with van der Waals surface area (Å²) in [5, 5.41) is 28.2. The van der Waals surface area contributed by atoms with Gasteiger partial charge in [0, 0.05) is 6.07 Å². The highest BCUT2D eigenvalue weighted by Crippen LogP contribution is 2.27. The molecule has 106 valence electrons. The molecule has 0 saturated carbocycles. The molecule has 8 nitrogen and oxygen atoms in total. The molecule has 2 rings (SSSR count). The van der Waals surface area contributed by atoms with Gasteiger partial charge < -0.3 is 9.84 Å². The van der Waals surface area contributed by atoms with Gasteiger partial charge in [-0.2, -0.15) is 0 Å². The van der Waals surface area contributed by atoms with Crippen molar-refractivity contribution in [3.63, 3.8) is 0 Å². The van der Waals surface area contributed by atoms with Gasteiger partial charge in [0.2, 0.25) is 0 Å². The van der Waals surface area contributed by atoms with Gasteiger partial charge in [-0.1, -0.05) is 12.1 Å². The maximum absolute atomic E-state index is 10.7. The zero-order valence-electron chi connectivity index (χ0n) is 11.1. The highest BCUT2D eigenvalue weighted by atomic mass is 16.6. The van der Waals surface area contributed by atoms with Crippen LogP contribution in [0, 0.1) is 10.1 Å². The first kappa shape index (κ1) is 13.9. The molecule has 1 heterocycles. The number of rotatable bonds is 5. The van der Waals surface area contributed by atoms with Crippen LogP contribution in [0.15, 0.2) is 24.4 Å². The van der Waals surface area contributed by atoms with E-state index in [-0.39, 0.29) is 5.69 Å². The first-order valence-electron chi connectivity index (χ1n) is 6.00. The van der Waals surface area contributed by atoms with Crippen molar-refractivity contribution in [2.45, 2.75) is 19.4 Å². The quantitative estimate of drug-likeness (QED) is 0.658. The van der Waals surface area contributed by atoms with Crippen molar-refractivity contribution in [3.05, 3.63) is 40.2 Å². The van der Waals surface area contributed by atoms with Crippen molar-refractivity contribution in [1.82, 2.24) is 15.0 Å². The predicted octanol–water partition coefficient (Wildman–Crippen LogP) is 1.63. The number of aromatic nitrogens is 3. The third kappa shape index (κ3) is 2.59. The highest BCUT2D eigenvalue weighted by Gasteiger charge is 2.16. The highest BCUT2D eigenvalue weighted by molar-refractivity contribution is 5.52. The molecule has 0 aliphatic rings. The minimum atomic E-state index is -0.687. The molecule has 2 aromatic rings. The molecule has 1 unspecified atom stereocenters. The molecule has 0 spiro atoms. The molecule has 1 N–H and O–H groups in total. The fourth-order valence-electron chi connectivity index (χ4n) is 1.73. The van der Waals surface area contributed by atoms with Gasteiger partial charge in [-0.15, -0.1) is 5.10 Å². The van der Waals surface area contributed by atoms with E-state index < -0.39 is 11.0 Å². The molecule has 0 aliphatic heterocycles. The monoisotopic (exact) mass is 278 g/mol. The average Bonchev–Trinajstić information content (AvgIpc) is 2.95. The number of nitro groups is 1. The molecule has 0 aliphatic carbocycles. The summed E-state index contributed by atoms with van der Waals surface area (Å²) in [7, 11) is 1.42. The van der Waals surface area contributed by atoms with Crippen molar-refractivity contribution in [1.29, 1.82) is 0 Å². The smallest absolute Gasteiger partial charge is 0.273 e. The largest absolute Gasteiger partial charge is 0.494 e. The molecule has 8 heteroatoms. The second kappa shape index (κ2) is 5.66. The van der Waals surface area contributed by atoms with E-state index in [0.717, 1.165) is 0 Å². The Labute approximate surface area is 114 Å². The Morgan fingerprint density at radius 3 is 2.90 bits per heavy atom. The van der Waals surface area contributed by atoms with Crippen LogP contribution in [0.5, 0.6) is 5.75 Å². The first-order valence-corrected chi connectivity index (χ1v) is 6.00. The maximum atomic E-state index is 10.7. The number of nitro benzene ring substituents is 1. The standard InChI is InChI=1S/C12H14N4O4/c1-3-11(17)9-7-15(14-13-9)10-5-4-8(16(18)19)6-12(10)20-2/h4-7,11,17H,3H2,1-2H3. The Morgan fingerprint density at radius 1 is 1.55 bits per heavy atom. The number of aliphatic hydroxyl groups excluding tert-OH is 1. The molecule has 0 fully saturated rings. The summed E-state index contributed by atoms with van der Waals surface area (Å²) in [6.45, 7) is 1.83. The average molecular weight is 278 g/mol. The van der Waals surface area contributed by atoms with Gasteiger partial charge in [-0.05, 0) is 12.5 Å². The predicted molar refractivity (Wildman–Crippen MR) is 69.8 cm³/mol. The first-order chi connectivity index (χ1) is 9.56. The molecule has 0 saturated heterocycles. The number of non-ortho nitro benzene ring substituents is 1. The molecule has 1 aromatic heterocycles. The molecular formula is C12H14N4O4. The van der Waals surface area contributed by atoms with Crippen LogP contribution in [-0.2, 0) is 0 Å². The molecular weight excluding hydrogens is 264 g/mol. The third-order valence-corrected chi connectivity index (χ3v) is 2.86. The third-order valence-electron chi connectivity index (χ3n) is 2.86. The molecule has 0 radical (unpaired) electrons. The summed E-state index contributed by atoms with van der Waals surface area (Å²) in [6.07, 6.45) is 1.40. The number of hydrogen-bond donors (Lipinski definition) is 1. The van der Waals surface area contributed by atoms with Gasteiger partial charge in [0.05, 0.1) is 30.4 Å². The Morgan fingerprint density at radius 2 is 2.30 bits per heavy atom. The summed E-state index contributed by atoms with van der Waals surface area (Å²) in [5.41, 5.74) is 0.882. The summed E-state index contributed by atoms with van der Waals surface area (Å²) in [6, 6.07) is 4.19. The van der Waals surface area contributed by atoms with E-state index in [4.69, 9.17) is 4.74 Å². The lowest BCUT2D eigenvalue weighted by Gasteiger charge is -2.07. The summed E-state index contributed by atoms with van der Waals surface area (Å²) in [5.74, 6) is 0.307. The van der Waals surface area contributed by atoms with E-state index in [1.54, 1.807) is 6.20 Å². The van der Waals surface area contributed by atoms with Crippen molar-refractivity contribution in [3.8, 4) is 11.4 Å². The van der Waals surface area contributed by atoms with Crippen LogP contribution in [0.25, 0.3) is 5.69 Å². The Kier molecular flexibility index (Phi) is 3.94. The van der Waals surface area contributed by atoms with Gasteiger partial charge >= 0.3 is 0 Å². The van der Waals surface area contributed by atoms with Crippen molar-refractivity contribution < 1.29 is 14.8 Å². The molecule has 0 bridgehead atoms. The van der Waals surface area contributed by atoms with E-state index >= 15 is 0 Å². The Bertz CT molecular complexity index is 626. The number of ether oxygens (including phenoxy) is 1. The van der Waals surface area contributed by atoms with E-state index in [9.17, 15) is 15.2 Å². The summed E-state index contributed by atoms with van der Waals surface area (Å²) >= 11 is 0.